The lowest BCUT2D eigenvalue weighted by molar-refractivity contribution is -0.0692. The van der Waals surface area contributed by atoms with Gasteiger partial charge in [-0.25, -0.2) is 0 Å². The molecule has 1 fully saturated rings. The number of fused-ring (bicyclic) bond motifs is 1. The van der Waals surface area contributed by atoms with Gasteiger partial charge in [-0.3, -0.25) is 0 Å². The average Bonchev–Trinajstić information content (AvgIpc) is 2.60. The van der Waals surface area contributed by atoms with E-state index < -0.39 is 8.32 Å². The molecule has 0 unspecified atom stereocenters. The molecule has 3 atom stereocenters. The van der Waals surface area contributed by atoms with Crippen molar-refractivity contribution in [2.75, 3.05) is 0 Å². The van der Waals surface area contributed by atoms with E-state index in [0.29, 0.717) is 17.3 Å². The van der Waals surface area contributed by atoms with Gasteiger partial charge in [0.1, 0.15) is 0 Å². The highest BCUT2D eigenvalue weighted by molar-refractivity contribution is 6.74. The molecule has 0 N–H and O–H groups in total. The zero-order chi connectivity index (χ0) is 20.6. The number of benzene rings is 1. The maximum atomic E-state index is 6.86. The molecule has 0 saturated heterocycles. The van der Waals surface area contributed by atoms with Crippen LogP contribution in [0.3, 0.4) is 0 Å². The van der Waals surface area contributed by atoms with Crippen LogP contribution in [0.5, 0.6) is 0 Å². The maximum Gasteiger partial charge on any atom is 0.192 e. The van der Waals surface area contributed by atoms with E-state index in [4.69, 9.17) is 4.43 Å². The van der Waals surface area contributed by atoms with Gasteiger partial charge in [0.15, 0.2) is 8.32 Å². The molecule has 0 aromatic heterocycles. The molecule has 4 rings (SSSR count). The molecular formula is C26H38OSi. The first kappa shape index (κ1) is 21.3. The normalized spacial score (nSPS) is 27.1. The lowest BCUT2D eigenvalue weighted by Crippen LogP contribution is -2.57. The zero-order valence-electron chi connectivity index (χ0n) is 18.8. The average molecular weight is 395 g/mol. The molecule has 0 radical (unpaired) electrons. The quantitative estimate of drug-likeness (QED) is 0.450. The Bertz CT molecular complexity index is 761. The van der Waals surface area contributed by atoms with Crippen LogP contribution in [-0.2, 0) is 4.43 Å². The summed E-state index contributed by atoms with van der Waals surface area (Å²) in [5, 5.41) is 0.254. The van der Waals surface area contributed by atoms with Crippen LogP contribution in [0.2, 0.25) is 18.1 Å². The molecule has 152 valence electrons. The highest BCUT2D eigenvalue weighted by Crippen LogP contribution is 2.60. The lowest BCUT2D eigenvalue weighted by Gasteiger charge is -2.60. The van der Waals surface area contributed by atoms with Gasteiger partial charge in [0, 0.05) is 0 Å². The molecule has 1 aromatic carbocycles. The summed E-state index contributed by atoms with van der Waals surface area (Å²) in [6.45, 7) is 16.6. The van der Waals surface area contributed by atoms with Gasteiger partial charge in [0.2, 0.25) is 0 Å². The Morgan fingerprint density at radius 1 is 1.07 bits per heavy atom. The van der Waals surface area contributed by atoms with E-state index in [2.05, 4.69) is 108 Å². The summed E-state index contributed by atoms with van der Waals surface area (Å²) < 4.78 is 6.86. The Labute approximate surface area is 173 Å². The van der Waals surface area contributed by atoms with Crippen LogP contribution in [0.4, 0.5) is 0 Å². The molecule has 0 heterocycles. The fraction of sp³-hybridized carbons (Fsp3) is 0.538. The predicted molar refractivity (Wildman–Crippen MR) is 125 cm³/mol. The van der Waals surface area contributed by atoms with Gasteiger partial charge in [-0.05, 0) is 59.4 Å². The number of hydrogen-bond donors (Lipinski definition) is 0. The second-order valence-electron chi connectivity index (χ2n) is 10.7. The van der Waals surface area contributed by atoms with Gasteiger partial charge in [-0.2, -0.15) is 0 Å². The second-order valence-corrected chi connectivity index (χ2v) is 15.4. The van der Waals surface area contributed by atoms with Crippen LogP contribution in [0.25, 0.3) is 6.08 Å². The Balaban J connectivity index is 1.69. The summed E-state index contributed by atoms with van der Waals surface area (Å²) in [6, 6.07) is 10.5. The first-order chi connectivity index (χ1) is 13.0. The summed E-state index contributed by atoms with van der Waals surface area (Å²) in [5.74, 6) is 1.35. The van der Waals surface area contributed by atoms with Crippen LogP contribution >= 0.6 is 0 Å². The molecule has 1 saturated carbocycles. The second kappa shape index (κ2) is 7.80. The minimum atomic E-state index is -1.76. The van der Waals surface area contributed by atoms with Crippen LogP contribution in [-0.4, -0.2) is 14.4 Å². The molecular weight excluding hydrogens is 356 g/mol. The number of hydrogen-bond acceptors (Lipinski definition) is 1. The molecule has 3 aliphatic carbocycles. The standard InChI is InChI=1S/C26H38OSi/c1-25(2,3)28(6,7)27-24-18-21(22-19-23(24)26(22,4)5)17-13-9-12-16-20-14-10-8-11-15-20/h8,10-18,22-24H,9,19H2,1-7H3/b16-12+,17-13+/t22-,23+,24-/m0/s1. The maximum absolute atomic E-state index is 6.86. The van der Waals surface area contributed by atoms with Crippen LogP contribution < -0.4 is 0 Å². The monoisotopic (exact) mass is 394 g/mol. The molecule has 28 heavy (non-hydrogen) atoms. The zero-order valence-corrected chi connectivity index (χ0v) is 19.8. The van der Waals surface area contributed by atoms with E-state index in [-0.39, 0.29) is 11.1 Å². The topological polar surface area (TPSA) is 9.23 Å². The molecule has 0 amide bonds. The third-order valence-corrected chi connectivity index (χ3v) is 11.9. The number of allylic oxidation sites excluding steroid dienone is 4. The van der Waals surface area contributed by atoms with E-state index in [1.807, 2.05) is 0 Å². The van der Waals surface area contributed by atoms with Gasteiger partial charge in [-0.15, -0.1) is 0 Å². The smallest absolute Gasteiger partial charge is 0.192 e. The molecule has 1 nitrogen and oxygen atoms in total. The summed E-state index contributed by atoms with van der Waals surface area (Å²) in [6.07, 6.45) is 14.1. The van der Waals surface area contributed by atoms with E-state index in [1.165, 1.54) is 17.6 Å². The van der Waals surface area contributed by atoms with Gasteiger partial charge >= 0.3 is 0 Å². The molecule has 3 aliphatic rings. The van der Waals surface area contributed by atoms with Crippen molar-refractivity contribution in [2.24, 2.45) is 17.3 Å². The Morgan fingerprint density at radius 3 is 2.32 bits per heavy atom. The summed E-state index contributed by atoms with van der Waals surface area (Å²) in [5.41, 5.74) is 3.10. The Morgan fingerprint density at radius 2 is 1.71 bits per heavy atom. The van der Waals surface area contributed by atoms with Gasteiger partial charge in [-0.1, -0.05) is 95.3 Å². The van der Waals surface area contributed by atoms with Crippen LogP contribution in [0.15, 0.2) is 60.2 Å². The van der Waals surface area contributed by atoms with Crippen molar-refractivity contribution in [1.82, 2.24) is 0 Å². The largest absolute Gasteiger partial charge is 0.410 e. The Hall–Kier alpha value is -1.38. The summed E-state index contributed by atoms with van der Waals surface area (Å²) >= 11 is 0. The van der Waals surface area contributed by atoms with Crippen molar-refractivity contribution in [3.05, 3.63) is 65.8 Å². The van der Waals surface area contributed by atoms with Gasteiger partial charge in [0.25, 0.3) is 0 Å². The van der Waals surface area contributed by atoms with E-state index in [9.17, 15) is 0 Å². The first-order valence-corrected chi connectivity index (χ1v) is 13.7. The minimum Gasteiger partial charge on any atom is -0.410 e. The van der Waals surface area contributed by atoms with Crippen molar-refractivity contribution in [3.63, 3.8) is 0 Å². The molecule has 0 aliphatic heterocycles. The number of rotatable bonds is 6. The molecule has 1 aromatic rings. The fourth-order valence-corrected chi connectivity index (χ4v) is 5.63. The summed E-state index contributed by atoms with van der Waals surface area (Å²) in [7, 11) is -1.76. The SMILES string of the molecule is CC1(C)[C@@H]2C[C@H]1C(/C=C/C/C=C/c1ccccc1)=C[C@@H]2O[Si](C)(C)C(C)(C)C. The van der Waals surface area contributed by atoms with Crippen molar-refractivity contribution >= 4 is 14.4 Å². The van der Waals surface area contributed by atoms with Crippen molar-refractivity contribution in [3.8, 4) is 0 Å². The van der Waals surface area contributed by atoms with Crippen molar-refractivity contribution < 1.29 is 4.43 Å². The molecule has 0 spiro atoms. The first-order valence-electron chi connectivity index (χ1n) is 10.8. The van der Waals surface area contributed by atoms with E-state index >= 15 is 0 Å². The van der Waals surface area contributed by atoms with Gasteiger partial charge in [0.05, 0.1) is 6.10 Å². The third-order valence-electron chi connectivity index (χ3n) is 7.43. The van der Waals surface area contributed by atoms with E-state index in [1.54, 1.807) is 0 Å². The Kier molecular flexibility index (Phi) is 5.94. The van der Waals surface area contributed by atoms with E-state index in [0.717, 1.165) is 6.42 Å². The highest BCUT2D eigenvalue weighted by Gasteiger charge is 2.56. The van der Waals surface area contributed by atoms with Gasteiger partial charge < -0.3 is 4.43 Å². The predicted octanol–water partition coefficient (Wildman–Crippen LogP) is 7.64. The third kappa shape index (κ3) is 4.28. The van der Waals surface area contributed by atoms with Crippen LogP contribution in [0.1, 0.15) is 53.0 Å². The summed E-state index contributed by atoms with van der Waals surface area (Å²) in [4.78, 5) is 0. The minimum absolute atomic E-state index is 0.254. The van der Waals surface area contributed by atoms with Crippen molar-refractivity contribution in [1.29, 1.82) is 0 Å². The lowest BCUT2D eigenvalue weighted by atomic mass is 9.48. The van der Waals surface area contributed by atoms with Crippen molar-refractivity contribution in [2.45, 2.75) is 71.7 Å². The molecule has 2 heteroatoms. The van der Waals surface area contributed by atoms with Crippen LogP contribution in [0, 0.1) is 17.3 Å². The highest BCUT2D eigenvalue weighted by atomic mass is 28.4. The fourth-order valence-electron chi connectivity index (χ4n) is 4.36. The molecule has 2 bridgehead atoms.